The average Bonchev–Trinajstić information content (AvgIpc) is 2.00. The van der Waals surface area contributed by atoms with E-state index in [0.29, 0.717) is 11.5 Å². The fourth-order valence-electron chi connectivity index (χ4n) is 1.82. The average molecular weight is 191 g/mol. The molecule has 0 radical (unpaired) electrons. The van der Waals surface area contributed by atoms with E-state index in [1.807, 2.05) is 13.0 Å². The zero-order valence-corrected chi connectivity index (χ0v) is 8.16. The molecular formula is C11H13NO2. The lowest BCUT2D eigenvalue weighted by Crippen LogP contribution is -2.14. The Morgan fingerprint density at radius 1 is 1.57 bits per heavy atom. The van der Waals surface area contributed by atoms with Gasteiger partial charge < -0.3 is 5.11 Å². The van der Waals surface area contributed by atoms with E-state index in [2.05, 4.69) is 4.98 Å². The molecule has 1 aromatic rings. The van der Waals surface area contributed by atoms with Crippen molar-refractivity contribution in [2.45, 2.75) is 32.1 Å². The third-order valence-corrected chi connectivity index (χ3v) is 2.85. The molecule has 2 rings (SSSR count). The molecule has 14 heavy (non-hydrogen) atoms. The van der Waals surface area contributed by atoms with Crippen molar-refractivity contribution in [2.75, 3.05) is 0 Å². The van der Waals surface area contributed by atoms with Crippen molar-refractivity contribution in [1.29, 1.82) is 0 Å². The predicted octanol–water partition coefficient (Wildman–Crippen LogP) is 2.36. The molecule has 0 aliphatic heterocycles. The van der Waals surface area contributed by atoms with Crippen LogP contribution in [-0.2, 0) is 0 Å². The summed E-state index contributed by atoms with van der Waals surface area (Å²) in [6, 6.07) is 1.91. The van der Waals surface area contributed by atoms with Crippen molar-refractivity contribution in [3.8, 4) is 0 Å². The van der Waals surface area contributed by atoms with Crippen LogP contribution in [0.4, 0.5) is 0 Å². The number of carbonyl (C=O) groups is 1. The van der Waals surface area contributed by atoms with E-state index in [-0.39, 0.29) is 0 Å². The minimum absolute atomic E-state index is 0.375. The Labute approximate surface area is 82.8 Å². The molecule has 1 aliphatic carbocycles. The highest BCUT2D eigenvalue weighted by Crippen LogP contribution is 2.37. The third-order valence-electron chi connectivity index (χ3n) is 2.85. The normalized spacial score (nSPS) is 16.4. The first-order valence-electron chi connectivity index (χ1n) is 4.88. The Hall–Kier alpha value is -1.38. The van der Waals surface area contributed by atoms with Crippen LogP contribution < -0.4 is 0 Å². The van der Waals surface area contributed by atoms with Gasteiger partial charge in [-0.25, -0.2) is 4.79 Å². The lowest BCUT2D eigenvalue weighted by atomic mass is 9.78. The number of rotatable bonds is 2. The lowest BCUT2D eigenvalue weighted by molar-refractivity contribution is 0.0694. The number of pyridine rings is 1. The van der Waals surface area contributed by atoms with Gasteiger partial charge in [-0.2, -0.15) is 0 Å². The van der Waals surface area contributed by atoms with Gasteiger partial charge in [0.1, 0.15) is 0 Å². The minimum Gasteiger partial charge on any atom is -0.478 e. The molecule has 1 saturated carbocycles. The molecule has 1 fully saturated rings. The standard InChI is InChI=1S/C11H13NO2/c1-7-5-9(8-3-2-4-8)10(6-12-7)11(13)14/h5-6,8H,2-4H2,1H3,(H,13,14). The van der Waals surface area contributed by atoms with Gasteiger partial charge in [0, 0.05) is 11.9 Å². The van der Waals surface area contributed by atoms with Gasteiger partial charge in [-0.3, -0.25) is 4.98 Å². The van der Waals surface area contributed by atoms with Crippen LogP contribution in [0.2, 0.25) is 0 Å². The maximum atomic E-state index is 10.9. The number of hydrogen-bond donors (Lipinski definition) is 1. The Morgan fingerprint density at radius 2 is 2.29 bits per heavy atom. The largest absolute Gasteiger partial charge is 0.478 e. The molecule has 1 heterocycles. The van der Waals surface area contributed by atoms with Crippen LogP contribution in [0.5, 0.6) is 0 Å². The quantitative estimate of drug-likeness (QED) is 0.780. The molecule has 1 aliphatic rings. The molecule has 0 bridgehead atoms. The fourth-order valence-corrected chi connectivity index (χ4v) is 1.82. The van der Waals surface area contributed by atoms with E-state index in [4.69, 9.17) is 5.11 Å². The second-order valence-corrected chi connectivity index (χ2v) is 3.85. The summed E-state index contributed by atoms with van der Waals surface area (Å²) in [5.41, 5.74) is 2.24. The van der Waals surface area contributed by atoms with Gasteiger partial charge in [0.15, 0.2) is 0 Å². The van der Waals surface area contributed by atoms with Gasteiger partial charge >= 0.3 is 5.97 Å². The first kappa shape index (κ1) is 9.19. The van der Waals surface area contributed by atoms with Crippen LogP contribution in [0.1, 0.15) is 46.8 Å². The van der Waals surface area contributed by atoms with Gasteiger partial charge in [0.2, 0.25) is 0 Å². The summed E-state index contributed by atoms with van der Waals surface area (Å²) in [6.45, 7) is 1.90. The van der Waals surface area contributed by atoms with E-state index < -0.39 is 5.97 Å². The first-order chi connectivity index (χ1) is 6.68. The number of aromatic nitrogens is 1. The second-order valence-electron chi connectivity index (χ2n) is 3.85. The number of carboxylic acids is 1. The van der Waals surface area contributed by atoms with Gasteiger partial charge in [0.25, 0.3) is 0 Å². The summed E-state index contributed by atoms with van der Waals surface area (Å²) in [5.74, 6) is -0.415. The topological polar surface area (TPSA) is 50.2 Å². The highest BCUT2D eigenvalue weighted by Gasteiger charge is 2.24. The predicted molar refractivity (Wildman–Crippen MR) is 52.5 cm³/mol. The molecule has 3 heteroatoms. The Balaban J connectivity index is 2.42. The lowest BCUT2D eigenvalue weighted by Gasteiger charge is -2.27. The summed E-state index contributed by atoms with van der Waals surface area (Å²) in [5, 5.41) is 8.99. The highest BCUT2D eigenvalue weighted by molar-refractivity contribution is 5.89. The van der Waals surface area contributed by atoms with Crippen LogP contribution >= 0.6 is 0 Å². The van der Waals surface area contributed by atoms with Crippen molar-refractivity contribution >= 4 is 5.97 Å². The van der Waals surface area contributed by atoms with Gasteiger partial charge in [-0.1, -0.05) is 6.42 Å². The highest BCUT2D eigenvalue weighted by atomic mass is 16.4. The van der Waals surface area contributed by atoms with E-state index in [1.165, 1.54) is 12.6 Å². The first-order valence-corrected chi connectivity index (χ1v) is 4.88. The molecule has 0 amide bonds. The maximum Gasteiger partial charge on any atom is 0.337 e. The summed E-state index contributed by atoms with van der Waals surface area (Å²) < 4.78 is 0. The number of nitrogens with zero attached hydrogens (tertiary/aromatic N) is 1. The Morgan fingerprint density at radius 3 is 2.79 bits per heavy atom. The van der Waals surface area contributed by atoms with Crippen LogP contribution in [0, 0.1) is 6.92 Å². The van der Waals surface area contributed by atoms with Gasteiger partial charge in [-0.05, 0) is 37.3 Å². The summed E-state index contributed by atoms with van der Waals surface area (Å²) in [7, 11) is 0. The van der Waals surface area contributed by atoms with Crippen LogP contribution in [-0.4, -0.2) is 16.1 Å². The zero-order valence-electron chi connectivity index (χ0n) is 8.16. The van der Waals surface area contributed by atoms with Crippen molar-refractivity contribution < 1.29 is 9.90 Å². The van der Waals surface area contributed by atoms with Gasteiger partial charge in [0.05, 0.1) is 5.56 Å². The molecule has 0 spiro atoms. The molecule has 74 valence electrons. The second kappa shape index (κ2) is 3.40. The summed E-state index contributed by atoms with van der Waals surface area (Å²) >= 11 is 0. The maximum absolute atomic E-state index is 10.9. The molecule has 0 saturated heterocycles. The molecule has 1 N–H and O–H groups in total. The van der Waals surface area contributed by atoms with Crippen molar-refractivity contribution in [2.24, 2.45) is 0 Å². The van der Waals surface area contributed by atoms with Crippen LogP contribution in [0.3, 0.4) is 0 Å². The molecule has 0 unspecified atom stereocenters. The number of hydrogen-bond acceptors (Lipinski definition) is 2. The van der Waals surface area contributed by atoms with E-state index >= 15 is 0 Å². The van der Waals surface area contributed by atoms with E-state index in [9.17, 15) is 4.79 Å². The van der Waals surface area contributed by atoms with Gasteiger partial charge in [-0.15, -0.1) is 0 Å². The third kappa shape index (κ3) is 1.50. The van der Waals surface area contributed by atoms with Crippen molar-refractivity contribution in [3.05, 3.63) is 29.1 Å². The smallest absolute Gasteiger partial charge is 0.337 e. The Kier molecular flexibility index (Phi) is 2.23. The number of carboxylic acid groups (broad SMARTS) is 1. The molecule has 1 aromatic heterocycles. The summed E-state index contributed by atoms with van der Waals surface area (Å²) in [4.78, 5) is 15.0. The number of aromatic carboxylic acids is 1. The van der Waals surface area contributed by atoms with Crippen molar-refractivity contribution in [3.63, 3.8) is 0 Å². The van der Waals surface area contributed by atoms with Crippen LogP contribution in [0.25, 0.3) is 0 Å². The van der Waals surface area contributed by atoms with E-state index in [1.54, 1.807) is 0 Å². The minimum atomic E-state index is -0.862. The van der Waals surface area contributed by atoms with Crippen LogP contribution in [0.15, 0.2) is 12.3 Å². The summed E-state index contributed by atoms with van der Waals surface area (Å²) in [6.07, 6.45) is 4.92. The molecular weight excluding hydrogens is 178 g/mol. The SMILES string of the molecule is Cc1cc(C2CCC2)c(C(=O)O)cn1. The molecule has 0 atom stereocenters. The van der Waals surface area contributed by atoms with E-state index in [0.717, 1.165) is 24.1 Å². The Bertz CT molecular complexity index is 370. The molecule has 0 aromatic carbocycles. The number of aryl methyl sites for hydroxylation is 1. The fraction of sp³-hybridized carbons (Fsp3) is 0.455. The zero-order chi connectivity index (χ0) is 10.1. The molecule has 3 nitrogen and oxygen atoms in total. The van der Waals surface area contributed by atoms with Crippen molar-refractivity contribution in [1.82, 2.24) is 4.98 Å². The monoisotopic (exact) mass is 191 g/mol.